The molecule has 162 valence electrons. The summed E-state index contributed by atoms with van der Waals surface area (Å²) in [5, 5.41) is 0. The van der Waals surface area contributed by atoms with Crippen molar-refractivity contribution in [1.82, 2.24) is 14.5 Å². The Kier molecular flexibility index (Phi) is 5.15. The Hall–Kier alpha value is -3.64. The van der Waals surface area contributed by atoms with Crippen molar-refractivity contribution in [1.29, 1.82) is 0 Å². The quantitative estimate of drug-likeness (QED) is 0.490. The number of benzene rings is 2. The van der Waals surface area contributed by atoms with E-state index in [2.05, 4.69) is 23.2 Å². The lowest BCUT2D eigenvalue weighted by atomic mass is 10.0. The Balaban J connectivity index is 1.64. The molecule has 0 fully saturated rings. The Bertz CT molecular complexity index is 1390. The predicted molar refractivity (Wildman–Crippen MR) is 126 cm³/mol. The molecule has 2 aromatic heterocycles. The van der Waals surface area contributed by atoms with Crippen molar-refractivity contribution in [3.05, 3.63) is 82.0 Å². The van der Waals surface area contributed by atoms with Crippen LogP contribution in [0.5, 0.6) is 11.5 Å². The third kappa shape index (κ3) is 3.74. The minimum Gasteiger partial charge on any atom is -0.454 e. The van der Waals surface area contributed by atoms with Crippen LogP contribution in [0.1, 0.15) is 23.4 Å². The van der Waals surface area contributed by atoms with Gasteiger partial charge in [0.2, 0.25) is 0 Å². The summed E-state index contributed by atoms with van der Waals surface area (Å²) in [6.45, 7) is 5.13. The molecule has 0 bridgehead atoms. The highest BCUT2D eigenvalue weighted by atomic mass is 16.5. The largest absolute Gasteiger partial charge is 0.454 e. The van der Waals surface area contributed by atoms with Crippen molar-refractivity contribution in [2.75, 3.05) is 13.2 Å². The molecule has 32 heavy (non-hydrogen) atoms. The first-order chi connectivity index (χ1) is 15.5. The van der Waals surface area contributed by atoms with E-state index in [1.165, 1.54) is 5.57 Å². The number of pyridine rings is 1. The molecule has 6 nitrogen and oxygen atoms in total. The zero-order valence-corrected chi connectivity index (χ0v) is 18.4. The maximum absolute atomic E-state index is 12.2. The Morgan fingerprint density at radius 2 is 2.00 bits per heavy atom. The average molecular weight is 428 g/mol. The van der Waals surface area contributed by atoms with Crippen LogP contribution in [0.25, 0.3) is 27.7 Å². The summed E-state index contributed by atoms with van der Waals surface area (Å²) >= 11 is 0. The summed E-state index contributed by atoms with van der Waals surface area (Å²) in [7, 11) is 1.77. The molecule has 6 heteroatoms. The number of imidazole rings is 1. The summed E-state index contributed by atoms with van der Waals surface area (Å²) in [5.41, 5.74) is 6.55. The monoisotopic (exact) mass is 427 g/mol. The second-order valence-electron chi connectivity index (χ2n) is 8.17. The fourth-order valence-electron chi connectivity index (χ4n) is 4.20. The zero-order chi connectivity index (χ0) is 22.2. The number of nitrogens with zero attached hydrogens (tertiary/aromatic N) is 2. The van der Waals surface area contributed by atoms with E-state index in [0.717, 1.165) is 52.3 Å². The third-order valence-corrected chi connectivity index (χ3v) is 5.79. The van der Waals surface area contributed by atoms with Crippen molar-refractivity contribution in [2.45, 2.75) is 20.3 Å². The topological polar surface area (TPSA) is 69.1 Å². The Morgan fingerprint density at radius 1 is 1.12 bits per heavy atom. The minimum absolute atomic E-state index is 0.00894. The van der Waals surface area contributed by atoms with Crippen LogP contribution in [0.3, 0.4) is 0 Å². The van der Waals surface area contributed by atoms with Gasteiger partial charge in [-0.05, 0) is 61.7 Å². The molecule has 0 radical (unpaired) electrons. The van der Waals surface area contributed by atoms with Crippen LogP contribution in [0.15, 0.2) is 59.5 Å². The van der Waals surface area contributed by atoms with Gasteiger partial charge in [0.15, 0.2) is 5.75 Å². The van der Waals surface area contributed by atoms with Crippen molar-refractivity contribution in [3.63, 3.8) is 0 Å². The van der Waals surface area contributed by atoms with Gasteiger partial charge in [0.1, 0.15) is 17.1 Å². The number of H-pyrrole nitrogens is 1. The zero-order valence-electron chi connectivity index (χ0n) is 18.4. The molecule has 0 aliphatic carbocycles. The van der Waals surface area contributed by atoms with Crippen molar-refractivity contribution in [2.24, 2.45) is 7.05 Å². The van der Waals surface area contributed by atoms with Crippen LogP contribution >= 0.6 is 0 Å². The Morgan fingerprint density at radius 3 is 2.78 bits per heavy atom. The van der Waals surface area contributed by atoms with Gasteiger partial charge < -0.3 is 19.0 Å². The first-order valence-corrected chi connectivity index (χ1v) is 10.7. The van der Waals surface area contributed by atoms with Gasteiger partial charge >= 0.3 is 0 Å². The number of nitrogens with one attached hydrogen (secondary N) is 1. The number of aromatic nitrogens is 3. The number of fused-ring (bicyclic) bond motifs is 1. The van der Waals surface area contributed by atoms with Crippen LogP contribution in [0, 0.1) is 13.8 Å². The third-order valence-electron chi connectivity index (χ3n) is 5.79. The van der Waals surface area contributed by atoms with E-state index in [-0.39, 0.29) is 5.56 Å². The van der Waals surface area contributed by atoms with E-state index < -0.39 is 0 Å². The van der Waals surface area contributed by atoms with E-state index in [4.69, 9.17) is 14.5 Å². The van der Waals surface area contributed by atoms with Gasteiger partial charge in [0.05, 0.1) is 18.7 Å². The number of hydrogen-bond acceptors (Lipinski definition) is 4. The maximum Gasteiger partial charge on any atom is 0.253 e. The van der Waals surface area contributed by atoms with E-state index in [1.807, 2.05) is 50.4 Å². The lowest BCUT2D eigenvalue weighted by molar-refractivity contribution is 0.161. The lowest BCUT2D eigenvalue weighted by Gasteiger charge is -2.16. The minimum atomic E-state index is -0.00894. The van der Waals surface area contributed by atoms with Crippen LogP contribution in [0.4, 0.5) is 0 Å². The normalized spacial score (nSPS) is 13.9. The molecule has 3 heterocycles. The molecule has 0 saturated carbocycles. The molecule has 1 aliphatic heterocycles. The van der Waals surface area contributed by atoms with Gasteiger partial charge in [0, 0.05) is 29.9 Å². The van der Waals surface area contributed by atoms with Crippen LogP contribution in [-0.2, 0) is 11.8 Å². The predicted octanol–water partition coefficient (Wildman–Crippen LogP) is 5.14. The number of rotatable bonds is 4. The molecule has 0 spiro atoms. The van der Waals surface area contributed by atoms with E-state index in [1.54, 1.807) is 11.6 Å². The summed E-state index contributed by atoms with van der Waals surface area (Å²) < 4.78 is 13.6. The molecule has 0 atom stereocenters. The number of ether oxygens (including phenoxy) is 2. The van der Waals surface area contributed by atoms with Gasteiger partial charge in [-0.2, -0.15) is 0 Å². The lowest BCUT2D eigenvalue weighted by Crippen LogP contribution is -2.18. The summed E-state index contributed by atoms with van der Waals surface area (Å²) in [5.74, 6) is 2.23. The molecule has 1 aliphatic rings. The standard InChI is InChI=1S/C26H25N3O3/c1-16-13-20(15-29(3)26(16)30)22-7-8-23-24(28-17(2)27-23)25(22)32-21-6-4-5-19(14-21)18-9-11-31-12-10-18/h4-9,13-15H,10-12H2,1-3H3,(H,27,28). The molecule has 4 aromatic rings. The number of hydrogen-bond donors (Lipinski definition) is 1. The molecule has 1 N–H and O–H groups in total. The molecule has 0 unspecified atom stereocenters. The van der Waals surface area contributed by atoms with Gasteiger partial charge in [-0.1, -0.05) is 18.2 Å². The van der Waals surface area contributed by atoms with Crippen LogP contribution in [-0.4, -0.2) is 27.7 Å². The highest BCUT2D eigenvalue weighted by Crippen LogP contribution is 2.39. The van der Waals surface area contributed by atoms with Crippen molar-refractivity contribution in [3.8, 4) is 22.6 Å². The first-order valence-electron chi connectivity index (χ1n) is 10.7. The number of aryl methyl sites for hydroxylation is 3. The molecule has 0 amide bonds. The maximum atomic E-state index is 12.2. The first kappa shape index (κ1) is 20.3. The molecular weight excluding hydrogens is 402 g/mol. The molecule has 2 aromatic carbocycles. The average Bonchev–Trinajstić information content (AvgIpc) is 3.19. The van der Waals surface area contributed by atoms with Gasteiger partial charge in [-0.25, -0.2) is 4.98 Å². The highest BCUT2D eigenvalue weighted by Gasteiger charge is 2.17. The fourth-order valence-corrected chi connectivity index (χ4v) is 4.20. The molecule has 5 rings (SSSR count). The van der Waals surface area contributed by atoms with E-state index in [9.17, 15) is 4.79 Å². The van der Waals surface area contributed by atoms with Crippen molar-refractivity contribution < 1.29 is 9.47 Å². The molecular formula is C26H25N3O3. The van der Waals surface area contributed by atoms with Crippen molar-refractivity contribution >= 4 is 16.6 Å². The van der Waals surface area contributed by atoms with Gasteiger partial charge in [0.25, 0.3) is 5.56 Å². The summed E-state index contributed by atoms with van der Waals surface area (Å²) in [6, 6.07) is 14.0. The fraction of sp³-hybridized carbons (Fsp3) is 0.231. The second-order valence-corrected chi connectivity index (χ2v) is 8.17. The van der Waals surface area contributed by atoms with E-state index >= 15 is 0 Å². The highest BCUT2D eigenvalue weighted by molar-refractivity contribution is 5.91. The Labute approximate surface area is 186 Å². The van der Waals surface area contributed by atoms with Gasteiger partial charge in [-0.3, -0.25) is 4.79 Å². The summed E-state index contributed by atoms with van der Waals surface area (Å²) in [6.07, 6.45) is 4.85. The van der Waals surface area contributed by atoms with Crippen LogP contribution in [0.2, 0.25) is 0 Å². The van der Waals surface area contributed by atoms with Gasteiger partial charge in [-0.15, -0.1) is 0 Å². The van der Waals surface area contributed by atoms with E-state index in [0.29, 0.717) is 17.9 Å². The number of aromatic amines is 1. The van der Waals surface area contributed by atoms with Crippen LogP contribution < -0.4 is 10.3 Å². The summed E-state index contributed by atoms with van der Waals surface area (Å²) in [4.78, 5) is 20.2. The second kappa shape index (κ2) is 8.13. The molecule has 0 saturated heterocycles. The SMILES string of the molecule is Cc1nc2c(Oc3cccc(C4=CCOCC4)c3)c(-c3cc(C)c(=O)n(C)c3)ccc2[nH]1. The smallest absolute Gasteiger partial charge is 0.253 e.